The zero-order valence-corrected chi connectivity index (χ0v) is 22.0. The van der Waals surface area contributed by atoms with Gasteiger partial charge in [-0.15, -0.1) is 0 Å². The molecule has 184 valence electrons. The lowest BCUT2D eigenvalue weighted by molar-refractivity contribution is 0.439. The molecule has 2 N–H and O–H groups in total. The molecule has 1 saturated heterocycles. The van der Waals surface area contributed by atoms with E-state index in [4.69, 9.17) is 39.8 Å². The van der Waals surface area contributed by atoms with Crippen LogP contribution < -0.4 is 14.9 Å². The highest BCUT2D eigenvalue weighted by molar-refractivity contribution is 7.92. The summed E-state index contributed by atoms with van der Waals surface area (Å²) in [5.74, 6) is 1.30. The van der Waals surface area contributed by atoms with Crippen molar-refractivity contribution in [2.45, 2.75) is 12.1 Å². The number of halogens is 2. The number of furan rings is 1. The van der Waals surface area contributed by atoms with Crippen LogP contribution in [0.25, 0.3) is 11.3 Å². The Morgan fingerprint density at radius 1 is 1.03 bits per heavy atom. The van der Waals surface area contributed by atoms with E-state index >= 15 is 0 Å². The highest BCUT2D eigenvalue weighted by Crippen LogP contribution is 2.43. The van der Waals surface area contributed by atoms with Crippen molar-refractivity contribution >= 4 is 61.9 Å². The van der Waals surface area contributed by atoms with E-state index in [1.165, 1.54) is 0 Å². The molecule has 0 spiro atoms. The zero-order chi connectivity index (χ0) is 25.4. The second-order valence-electron chi connectivity index (χ2n) is 8.25. The number of hydrogen-bond donors (Lipinski definition) is 2. The fraction of sp³-hybridized carbons (Fsp3) is 0.120. The van der Waals surface area contributed by atoms with Crippen LogP contribution in [0.5, 0.6) is 0 Å². The van der Waals surface area contributed by atoms with E-state index in [2.05, 4.69) is 15.0 Å². The van der Waals surface area contributed by atoms with Crippen LogP contribution >= 0.6 is 35.4 Å². The molecule has 2 aromatic carbocycles. The van der Waals surface area contributed by atoms with E-state index < -0.39 is 10.0 Å². The molecule has 0 radical (unpaired) electrons. The molecule has 3 heterocycles. The molecule has 1 aliphatic rings. The Kier molecular flexibility index (Phi) is 6.65. The highest BCUT2D eigenvalue weighted by atomic mass is 35.5. The maximum absolute atomic E-state index is 11.6. The first-order valence-corrected chi connectivity index (χ1v) is 13.9. The minimum Gasteiger partial charge on any atom is -0.459 e. The van der Waals surface area contributed by atoms with Gasteiger partial charge in [-0.3, -0.25) is 9.71 Å². The minimum absolute atomic E-state index is 0.291. The molecule has 1 fully saturated rings. The van der Waals surface area contributed by atoms with Crippen molar-refractivity contribution in [2.75, 3.05) is 15.9 Å². The summed E-state index contributed by atoms with van der Waals surface area (Å²) in [4.78, 5) is 6.48. The molecule has 36 heavy (non-hydrogen) atoms. The van der Waals surface area contributed by atoms with Gasteiger partial charge in [-0.1, -0.05) is 29.3 Å². The van der Waals surface area contributed by atoms with Crippen molar-refractivity contribution in [1.82, 2.24) is 10.3 Å². The van der Waals surface area contributed by atoms with Gasteiger partial charge < -0.3 is 14.6 Å². The van der Waals surface area contributed by atoms with Gasteiger partial charge in [0.2, 0.25) is 10.0 Å². The lowest BCUT2D eigenvalue weighted by Gasteiger charge is -2.26. The Hall–Kier alpha value is -3.11. The van der Waals surface area contributed by atoms with E-state index in [-0.39, 0.29) is 12.1 Å². The molecular weight excluding hydrogens is 539 g/mol. The number of nitrogens with zero attached hydrogens (tertiary/aromatic N) is 2. The van der Waals surface area contributed by atoms with Crippen LogP contribution in [-0.2, 0) is 10.0 Å². The third-order valence-corrected chi connectivity index (χ3v) is 7.33. The summed E-state index contributed by atoms with van der Waals surface area (Å²) < 4.78 is 32.0. The fourth-order valence-electron chi connectivity index (χ4n) is 4.14. The molecular formula is C25H20Cl2N4O3S2. The summed E-state index contributed by atoms with van der Waals surface area (Å²) in [7, 11) is -3.39. The normalized spacial score (nSPS) is 17.8. The highest BCUT2D eigenvalue weighted by Gasteiger charge is 2.42. The molecule has 5 rings (SSSR count). The van der Waals surface area contributed by atoms with Gasteiger partial charge in [0.25, 0.3) is 0 Å². The second-order valence-corrected chi connectivity index (χ2v) is 11.2. The molecule has 0 saturated carbocycles. The van der Waals surface area contributed by atoms with Crippen LogP contribution in [0.2, 0.25) is 10.0 Å². The van der Waals surface area contributed by atoms with Crippen LogP contribution in [0.3, 0.4) is 0 Å². The Morgan fingerprint density at radius 3 is 2.47 bits per heavy atom. The number of pyridine rings is 1. The first kappa shape index (κ1) is 24.6. The maximum atomic E-state index is 11.6. The first-order chi connectivity index (χ1) is 17.2. The Bertz CT molecular complexity index is 1530. The van der Waals surface area contributed by atoms with Crippen molar-refractivity contribution in [2.24, 2.45) is 0 Å². The predicted octanol–water partition coefficient (Wildman–Crippen LogP) is 6.20. The SMILES string of the molecule is CS(=O)(=O)Nc1ccc(N2C(=S)N[C@@H](c3ccccn3)[C@H]2c2ccc(-c3ccc(Cl)c(Cl)c3)o2)cc1. The van der Waals surface area contributed by atoms with Gasteiger partial charge in [-0.2, -0.15) is 0 Å². The Labute approximate surface area is 224 Å². The van der Waals surface area contributed by atoms with Crippen LogP contribution in [-0.4, -0.2) is 24.8 Å². The minimum atomic E-state index is -3.39. The summed E-state index contributed by atoms with van der Waals surface area (Å²) in [6.45, 7) is 0. The molecule has 1 aliphatic heterocycles. The number of aromatic nitrogens is 1. The smallest absolute Gasteiger partial charge is 0.229 e. The summed E-state index contributed by atoms with van der Waals surface area (Å²) in [6, 6.07) is 21.1. The monoisotopic (exact) mass is 558 g/mol. The topological polar surface area (TPSA) is 87.5 Å². The van der Waals surface area contributed by atoms with Gasteiger partial charge in [0.15, 0.2) is 5.11 Å². The molecule has 0 aliphatic carbocycles. The molecule has 0 bridgehead atoms. The Balaban J connectivity index is 1.55. The number of thiocarbonyl (C=S) groups is 1. The van der Waals surface area contributed by atoms with E-state index in [0.717, 1.165) is 23.2 Å². The summed E-state index contributed by atoms with van der Waals surface area (Å²) in [6.07, 6.45) is 2.84. The molecule has 11 heteroatoms. The van der Waals surface area contributed by atoms with Gasteiger partial charge >= 0.3 is 0 Å². The van der Waals surface area contributed by atoms with Crippen molar-refractivity contribution < 1.29 is 12.8 Å². The van der Waals surface area contributed by atoms with Crippen molar-refractivity contribution in [1.29, 1.82) is 0 Å². The van der Waals surface area contributed by atoms with E-state index in [1.807, 2.05) is 41.3 Å². The quantitative estimate of drug-likeness (QED) is 0.272. The van der Waals surface area contributed by atoms with Crippen LogP contribution in [0.1, 0.15) is 23.5 Å². The van der Waals surface area contributed by atoms with Gasteiger partial charge in [-0.05, 0) is 78.9 Å². The van der Waals surface area contributed by atoms with Gasteiger partial charge in [0.1, 0.15) is 17.6 Å². The van der Waals surface area contributed by atoms with Gasteiger partial charge in [0.05, 0.1) is 28.0 Å². The van der Waals surface area contributed by atoms with E-state index in [1.54, 1.807) is 42.6 Å². The predicted molar refractivity (Wildman–Crippen MR) is 147 cm³/mol. The van der Waals surface area contributed by atoms with Crippen LogP contribution in [0.4, 0.5) is 11.4 Å². The average molecular weight is 560 g/mol. The zero-order valence-electron chi connectivity index (χ0n) is 18.9. The molecule has 0 unspecified atom stereocenters. The lowest BCUT2D eigenvalue weighted by Crippen LogP contribution is -2.29. The van der Waals surface area contributed by atoms with Gasteiger partial charge in [-0.25, -0.2) is 8.42 Å². The third-order valence-electron chi connectivity index (χ3n) is 5.67. The first-order valence-electron chi connectivity index (χ1n) is 10.8. The van der Waals surface area contributed by atoms with E-state index in [0.29, 0.717) is 32.4 Å². The number of hydrogen-bond acceptors (Lipinski definition) is 5. The van der Waals surface area contributed by atoms with Crippen LogP contribution in [0.15, 0.2) is 83.4 Å². The summed E-state index contributed by atoms with van der Waals surface area (Å²) >= 11 is 18.0. The Morgan fingerprint density at radius 2 is 1.81 bits per heavy atom. The third kappa shape index (κ3) is 5.05. The number of benzene rings is 2. The molecule has 2 atom stereocenters. The standard InChI is InChI=1S/C25H20Cl2N4O3S2/c1-36(32,33)30-16-6-8-17(9-7-16)31-24(23(29-25(31)35)20-4-2-3-13-28-20)22-12-11-21(34-22)15-5-10-18(26)19(27)14-15/h2-14,23-24,30H,1H3,(H,29,35)/t23-,24+/m0/s1. The lowest BCUT2D eigenvalue weighted by atomic mass is 10.0. The number of nitrogens with one attached hydrogen (secondary N) is 2. The maximum Gasteiger partial charge on any atom is 0.229 e. The fourth-order valence-corrected chi connectivity index (χ4v) is 5.35. The molecule has 4 aromatic rings. The number of anilines is 2. The number of rotatable bonds is 6. The van der Waals surface area contributed by atoms with Gasteiger partial charge in [0, 0.05) is 23.1 Å². The molecule has 2 aromatic heterocycles. The van der Waals surface area contributed by atoms with E-state index in [9.17, 15) is 8.42 Å². The van der Waals surface area contributed by atoms with Crippen molar-refractivity contribution in [3.8, 4) is 11.3 Å². The summed E-state index contributed by atoms with van der Waals surface area (Å²) in [5, 5.41) is 4.77. The summed E-state index contributed by atoms with van der Waals surface area (Å²) in [5.41, 5.74) is 2.82. The van der Waals surface area contributed by atoms with Crippen molar-refractivity contribution in [3.05, 3.63) is 100 Å². The molecule has 7 nitrogen and oxygen atoms in total. The van der Waals surface area contributed by atoms with Crippen LogP contribution in [0, 0.1) is 0 Å². The number of sulfonamides is 1. The van der Waals surface area contributed by atoms with Crippen molar-refractivity contribution in [3.63, 3.8) is 0 Å². The largest absolute Gasteiger partial charge is 0.459 e. The molecule has 0 amide bonds. The average Bonchev–Trinajstić information content (AvgIpc) is 3.46. The second kappa shape index (κ2) is 9.74.